The number of halogens is 2. The number of aromatic nitrogens is 4. The monoisotopic (exact) mass is 824 g/mol. The van der Waals surface area contributed by atoms with E-state index in [-0.39, 0.29) is 0 Å². The van der Waals surface area contributed by atoms with Crippen LogP contribution in [-0.2, 0) is 45.4 Å². The predicted molar refractivity (Wildman–Crippen MR) is 153 cm³/mol. The number of phosphoric acid groups is 2. The minimum absolute atomic E-state index is 0.565. The van der Waals surface area contributed by atoms with Crippen molar-refractivity contribution < 1.29 is 94.2 Å². The Bertz CT molecular complexity index is 1910. The van der Waals surface area contributed by atoms with Crippen LogP contribution in [0.2, 0.25) is 0 Å². The van der Waals surface area contributed by atoms with E-state index in [1.165, 1.54) is 0 Å². The number of rotatable bonds is 14. The van der Waals surface area contributed by atoms with Crippen molar-refractivity contribution in [1.29, 1.82) is 0 Å². The highest BCUT2D eigenvalue weighted by Gasteiger charge is 2.70. The smallest absolute Gasteiger partial charge is 0.387 e. The molecule has 32 heteroatoms. The van der Waals surface area contributed by atoms with Gasteiger partial charge in [-0.1, -0.05) is 0 Å². The first-order chi connectivity index (χ1) is 23.3. The summed E-state index contributed by atoms with van der Waals surface area (Å²) in [4.78, 5) is 89.0. The Labute approximate surface area is 278 Å². The number of hydrogen-bond donors (Lipinski definition) is 10. The Morgan fingerprint density at radius 1 is 0.667 bits per heavy atom. The van der Waals surface area contributed by atoms with Crippen molar-refractivity contribution >= 4 is 30.8 Å². The van der Waals surface area contributed by atoms with Gasteiger partial charge in [-0.3, -0.25) is 46.9 Å². The summed E-state index contributed by atoms with van der Waals surface area (Å²) in [5.74, 6) is 0. The first-order valence-electron chi connectivity index (χ1n) is 13.4. The SMILES string of the molecule is O=c1ccn([C@@H]2O[C@H](COP(=O)(O)OP(=O)(O)C(F)(F)P(=O)(O)OP(=O)(O)OC[C@H]3O[C@@H](n4ccc(=O)[nH]c4=O)[C@H](O)[C@@H]3O)[C@@H](O)[C@H]2O)c(=O)[nH]1. The number of hydrogen-bond acceptors (Lipinski definition) is 18. The molecule has 288 valence electrons. The quantitative estimate of drug-likeness (QED) is 0.0827. The standard InChI is InChI=1S/C19H26F2N4O22P4/c20-19(21,48(34,35)46-50(38,39)42-5-7-11(28)13(30)15(44-7)24-3-1-9(26)22-17(24)32)49(36,37)47-51(40,41)43-6-8-12(29)14(31)16(45-8)25-4-2-10(27)23-18(25)33/h1-4,7-8,11-16,28-31H,5-6H2,(H,34,35)(H,36,37)(H,38,39)(H,40,41)(H,22,26,32)(H,23,27,33)/t7-,8-,11-,12-,13-,14-,15-,16-/m1/s1. The first kappa shape index (κ1) is 41.3. The predicted octanol–water partition coefficient (Wildman–Crippen LogP) is -3.49. The molecule has 2 aliphatic heterocycles. The lowest BCUT2D eigenvalue weighted by atomic mass is 10.1. The van der Waals surface area contributed by atoms with E-state index >= 15 is 0 Å². The van der Waals surface area contributed by atoms with Crippen molar-refractivity contribution in [2.45, 2.75) is 54.5 Å². The van der Waals surface area contributed by atoms with Gasteiger partial charge in [-0.25, -0.2) is 27.3 Å². The van der Waals surface area contributed by atoms with E-state index in [9.17, 15) is 86.2 Å². The summed E-state index contributed by atoms with van der Waals surface area (Å²) in [6.07, 6.45) is -13.8. The maximum absolute atomic E-state index is 14.8. The van der Waals surface area contributed by atoms with Crippen LogP contribution < -0.4 is 22.5 Å². The van der Waals surface area contributed by atoms with Gasteiger partial charge in [0.1, 0.15) is 36.6 Å². The van der Waals surface area contributed by atoms with Crippen LogP contribution in [0.4, 0.5) is 8.78 Å². The zero-order chi connectivity index (χ0) is 38.5. The normalized spacial score (nSPS) is 31.7. The lowest BCUT2D eigenvalue weighted by Gasteiger charge is -2.27. The molecule has 10 N–H and O–H groups in total. The molecule has 4 rings (SSSR count). The fourth-order valence-corrected chi connectivity index (χ4v) is 10.4. The van der Waals surface area contributed by atoms with Gasteiger partial charge in [0, 0.05) is 24.5 Å². The first-order valence-corrected chi connectivity index (χ1v) is 19.5. The highest BCUT2D eigenvalue weighted by Crippen LogP contribution is 2.81. The minimum atomic E-state index is -7.28. The summed E-state index contributed by atoms with van der Waals surface area (Å²) in [6, 6.07) is 1.62. The Morgan fingerprint density at radius 2 is 1.00 bits per heavy atom. The molecule has 4 unspecified atom stereocenters. The van der Waals surface area contributed by atoms with Crippen LogP contribution >= 0.6 is 30.8 Å². The average molecular weight is 824 g/mol. The Kier molecular flexibility index (Phi) is 12.0. The summed E-state index contributed by atoms with van der Waals surface area (Å²) in [7, 11) is -27.1. The molecule has 0 bridgehead atoms. The zero-order valence-corrected chi connectivity index (χ0v) is 28.2. The van der Waals surface area contributed by atoms with Crippen molar-refractivity contribution in [2.75, 3.05) is 13.2 Å². The number of nitrogens with one attached hydrogen (secondary N) is 2. The second kappa shape index (κ2) is 14.8. The number of H-pyrrole nitrogens is 2. The van der Waals surface area contributed by atoms with E-state index in [2.05, 4.69) is 17.7 Å². The van der Waals surface area contributed by atoms with Gasteiger partial charge in [-0.15, -0.1) is 0 Å². The molecule has 0 amide bonds. The molecule has 12 atom stereocenters. The summed E-state index contributed by atoms with van der Waals surface area (Å²) < 4.78 is 105. The van der Waals surface area contributed by atoms with Gasteiger partial charge in [-0.05, 0) is 0 Å². The molecular weight excluding hydrogens is 798 g/mol. The van der Waals surface area contributed by atoms with Crippen molar-refractivity contribution in [3.8, 4) is 0 Å². The number of aliphatic hydroxyl groups excluding tert-OH is 4. The molecule has 0 spiro atoms. The van der Waals surface area contributed by atoms with Crippen molar-refractivity contribution in [2.24, 2.45) is 0 Å². The molecular formula is C19H26F2N4O22P4. The fourth-order valence-electron chi connectivity index (χ4n) is 4.37. The van der Waals surface area contributed by atoms with Crippen molar-refractivity contribution in [3.05, 3.63) is 66.2 Å². The molecule has 2 aromatic rings. The molecule has 2 aromatic heterocycles. The number of ether oxygens (including phenoxy) is 2. The van der Waals surface area contributed by atoms with Gasteiger partial charge >= 0.3 is 47.6 Å². The van der Waals surface area contributed by atoms with E-state index in [1.54, 1.807) is 9.97 Å². The maximum Gasteiger partial charge on any atom is 0.479 e. The van der Waals surface area contributed by atoms with E-state index in [1.807, 2.05) is 0 Å². The third kappa shape index (κ3) is 8.87. The Balaban J connectivity index is 1.38. The number of aromatic amines is 2. The van der Waals surface area contributed by atoms with Crippen molar-refractivity contribution in [1.82, 2.24) is 19.1 Å². The number of nitrogens with zero attached hydrogens (tertiary/aromatic N) is 2. The zero-order valence-electron chi connectivity index (χ0n) is 24.6. The summed E-state index contributed by atoms with van der Waals surface area (Å²) in [6.45, 7) is -2.83. The van der Waals surface area contributed by atoms with Gasteiger partial charge < -0.3 is 49.5 Å². The number of phosphoric ester groups is 2. The van der Waals surface area contributed by atoms with Gasteiger partial charge in [0.25, 0.3) is 11.1 Å². The van der Waals surface area contributed by atoms with Crippen LogP contribution in [0.3, 0.4) is 0 Å². The van der Waals surface area contributed by atoms with Gasteiger partial charge in [0.15, 0.2) is 12.5 Å². The van der Waals surface area contributed by atoms with E-state index in [4.69, 9.17) is 9.47 Å². The molecule has 26 nitrogen and oxygen atoms in total. The van der Waals surface area contributed by atoms with Gasteiger partial charge in [0.2, 0.25) is 0 Å². The molecule has 0 aliphatic carbocycles. The van der Waals surface area contributed by atoms with Crippen molar-refractivity contribution in [3.63, 3.8) is 0 Å². The second-order valence-corrected chi connectivity index (χ2v) is 17.6. The minimum Gasteiger partial charge on any atom is -0.387 e. The molecule has 51 heavy (non-hydrogen) atoms. The molecule has 2 fully saturated rings. The molecule has 2 saturated heterocycles. The van der Waals surface area contributed by atoms with Gasteiger partial charge in [-0.2, -0.15) is 8.78 Å². The largest absolute Gasteiger partial charge is 0.479 e. The Morgan fingerprint density at radius 3 is 1.31 bits per heavy atom. The van der Waals surface area contributed by atoms with E-state index in [0.29, 0.717) is 9.13 Å². The highest BCUT2D eigenvalue weighted by atomic mass is 31.3. The summed E-state index contributed by atoms with van der Waals surface area (Å²) >= 11 is 0. The van der Waals surface area contributed by atoms with E-state index < -0.39 is 121 Å². The maximum atomic E-state index is 14.8. The molecule has 0 saturated carbocycles. The number of aliphatic hydroxyl groups is 4. The fraction of sp³-hybridized carbons (Fsp3) is 0.579. The molecule has 0 radical (unpaired) electrons. The molecule has 0 aromatic carbocycles. The third-order valence-electron chi connectivity index (χ3n) is 6.84. The number of alkyl halides is 2. The van der Waals surface area contributed by atoms with E-state index in [0.717, 1.165) is 24.5 Å². The lowest BCUT2D eigenvalue weighted by molar-refractivity contribution is -0.0544. The molecule has 2 aliphatic rings. The van der Waals surface area contributed by atoms with Crippen LogP contribution in [0.15, 0.2) is 43.7 Å². The van der Waals surface area contributed by atoms with Gasteiger partial charge in [0.05, 0.1) is 13.2 Å². The average Bonchev–Trinajstić information content (AvgIpc) is 3.43. The van der Waals surface area contributed by atoms with Crippen LogP contribution in [0.25, 0.3) is 0 Å². The highest BCUT2D eigenvalue weighted by molar-refractivity contribution is 7.78. The topological polar surface area (TPSA) is 395 Å². The second-order valence-electron chi connectivity index (χ2n) is 10.4. The Hall–Kier alpha value is -2.42. The lowest BCUT2D eigenvalue weighted by Crippen LogP contribution is -2.37. The van der Waals surface area contributed by atoms with Crippen LogP contribution in [0.1, 0.15) is 12.5 Å². The summed E-state index contributed by atoms with van der Waals surface area (Å²) in [5, 5.41) is 34.4. The van der Waals surface area contributed by atoms with Crippen LogP contribution in [0, 0.1) is 0 Å². The third-order valence-corrected chi connectivity index (χ3v) is 14.1. The van der Waals surface area contributed by atoms with Crippen LogP contribution in [-0.4, -0.2) is 114 Å². The summed E-state index contributed by atoms with van der Waals surface area (Å²) in [5.41, 5.74) is -4.02. The van der Waals surface area contributed by atoms with Crippen LogP contribution in [0.5, 0.6) is 0 Å². The molecule has 4 heterocycles.